The van der Waals surface area contributed by atoms with E-state index >= 15 is 0 Å². The van der Waals surface area contributed by atoms with Gasteiger partial charge in [-0.15, -0.1) is 0 Å². The summed E-state index contributed by atoms with van der Waals surface area (Å²) in [5.74, 6) is -0.103. The van der Waals surface area contributed by atoms with Crippen LogP contribution in [0.15, 0.2) is 30.3 Å². The molecule has 1 saturated carbocycles. The quantitative estimate of drug-likeness (QED) is 0.747. The molecule has 27 heavy (non-hydrogen) atoms. The number of rotatable bonds is 7. The number of anilines is 1. The van der Waals surface area contributed by atoms with Crippen LogP contribution in [0.2, 0.25) is 0 Å². The number of nitrogens with zero attached hydrogens (tertiary/aromatic N) is 1. The van der Waals surface area contributed by atoms with Crippen LogP contribution < -0.4 is 10.1 Å². The first-order valence-electron chi connectivity index (χ1n) is 9.33. The van der Waals surface area contributed by atoms with Gasteiger partial charge in [0.1, 0.15) is 5.75 Å². The topological polar surface area (TPSA) is 69.6 Å². The number of esters is 1. The maximum atomic E-state index is 12.5. The molecule has 1 amide bonds. The van der Waals surface area contributed by atoms with Crippen LogP contribution in [0.25, 0.3) is 0 Å². The highest BCUT2D eigenvalue weighted by Gasteiger charge is 2.29. The van der Waals surface area contributed by atoms with Gasteiger partial charge < -0.3 is 19.4 Å². The molecule has 0 aliphatic heterocycles. The molecule has 1 atom stereocenters. The Morgan fingerprint density at radius 1 is 1.22 bits per heavy atom. The van der Waals surface area contributed by atoms with E-state index in [1.807, 2.05) is 26.8 Å². The predicted octanol–water partition coefficient (Wildman–Crippen LogP) is 4.02. The number of carbonyl (C=O) groups excluding carboxylic acids is 2. The van der Waals surface area contributed by atoms with Crippen LogP contribution in [-0.2, 0) is 9.53 Å². The Hall–Kier alpha value is -2.76. The third-order valence-corrected chi connectivity index (χ3v) is 4.70. The van der Waals surface area contributed by atoms with Crippen molar-refractivity contribution in [2.75, 3.05) is 11.9 Å². The van der Waals surface area contributed by atoms with Crippen molar-refractivity contribution in [1.29, 1.82) is 0 Å². The minimum atomic E-state index is -0.895. The second kappa shape index (κ2) is 7.86. The zero-order valence-electron chi connectivity index (χ0n) is 16.2. The summed E-state index contributed by atoms with van der Waals surface area (Å²) < 4.78 is 12.9. The molecule has 0 bridgehead atoms. The molecule has 1 aromatic carbocycles. The van der Waals surface area contributed by atoms with Gasteiger partial charge in [0.2, 0.25) is 0 Å². The van der Waals surface area contributed by atoms with Crippen molar-refractivity contribution >= 4 is 17.6 Å². The average Bonchev–Trinajstić information content (AvgIpc) is 3.41. The standard InChI is InChI=1S/C21H26N2O4/c1-5-26-18-10-6-16(7-11-18)22-20(24)15(4)27-21(25)19-12-13(2)23(14(19)3)17-8-9-17/h6-7,10-12,15,17H,5,8-9H2,1-4H3,(H,22,24)/t15-/m1/s1. The molecule has 1 aliphatic carbocycles. The van der Waals surface area contributed by atoms with E-state index in [1.54, 1.807) is 31.2 Å². The Balaban J connectivity index is 1.60. The summed E-state index contributed by atoms with van der Waals surface area (Å²) in [6.45, 7) is 7.98. The van der Waals surface area contributed by atoms with Crippen molar-refractivity contribution in [3.63, 3.8) is 0 Å². The highest BCUT2D eigenvalue weighted by atomic mass is 16.5. The molecular weight excluding hydrogens is 344 g/mol. The molecular formula is C21H26N2O4. The molecule has 2 aromatic rings. The van der Waals surface area contributed by atoms with Crippen molar-refractivity contribution in [2.45, 2.75) is 52.7 Å². The first kappa shape index (κ1) is 19.0. The van der Waals surface area contributed by atoms with Crippen LogP contribution in [-0.4, -0.2) is 29.2 Å². The fraction of sp³-hybridized carbons (Fsp3) is 0.429. The zero-order chi connectivity index (χ0) is 19.6. The fourth-order valence-electron chi connectivity index (χ4n) is 3.20. The number of amides is 1. The Kier molecular flexibility index (Phi) is 5.54. The molecule has 0 spiro atoms. The predicted molar refractivity (Wildman–Crippen MR) is 103 cm³/mol. The summed E-state index contributed by atoms with van der Waals surface area (Å²) in [4.78, 5) is 24.9. The van der Waals surface area contributed by atoms with Crippen LogP contribution in [0, 0.1) is 13.8 Å². The number of ether oxygens (including phenoxy) is 2. The normalized spacial score (nSPS) is 14.5. The number of hydrogen-bond donors (Lipinski definition) is 1. The van der Waals surface area contributed by atoms with Crippen molar-refractivity contribution < 1.29 is 19.1 Å². The molecule has 6 nitrogen and oxygen atoms in total. The Morgan fingerprint density at radius 2 is 1.89 bits per heavy atom. The monoisotopic (exact) mass is 370 g/mol. The number of benzene rings is 1. The first-order chi connectivity index (χ1) is 12.9. The van der Waals surface area contributed by atoms with Gasteiger partial charge in [-0.2, -0.15) is 0 Å². The van der Waals surface area contributed by atoms with E-state index in [1.165, 1.54) is 0 Å². The highest BCUT2D eigenvalue weighted by molar-refractivity contribution is 5.97. The van der Waals surface area contributed by atoms with Gasteiger partial charge in [-0.3, -0.25) is 4.79 Å². The fourth-order valence-corrected chi connectivity index (χ4v) is 3.20. The van der Waals surface area contributed by atoms with E-state index in [9.17, 15) is 9.59 Å². The Morgan fingerprint density at radius 3 is 2.48 bits per heavy atom. The summed E-state index contributed by atoms with van der Waals surface area (Å²) in [6, 6.07) is 9.39. The molecule has 0 saturated heterocycles. The number of aryl methyl sites for hydroxylation is 1. The Bertz CT molecular complexity index is 835. The van der Waals surface area contributed by atoms with Crippen molar-refractivity contribution in [2.24, 2.45) is 0 Å². The highest BCUT2D eigenvalue weighted by Crippen LogP contribution is 2.38. The smallest absolute Gasteiger partial charge is 0.340 e. The molecule has 3 rings (SSSR count). The zero-order valence-corrected chi connectivity index (χ0v) is 16.2. The van der Waals surface area contributed by atoms with Crippen molar-refractivity contribution in [3.8, 4) is 5.75 Å². The van der Waals surface area contributed by atoms with Gasteiger partial charge in [-0.05, 0) is 70.9 Å². The van der Waals surface area contributed by atoms with E-state index in [-0.39, 0.29) is 5.91 Å². The van der Waals surface area contributed by atoms with Gasteiger partial charge >= 0.3 is 5.97 Å². The lowest BCUT2D eigenvalue weighted by Gasteiger charge is -2.14. The second-order valence-corrected chi connectivity index (χ2v) is 6.88. The molecule has 1 heterocycles. The van der Waals surface area contributed by atoms with Crippen LogP contribution in [0.4, 0.5) is 5.69 Å². The van der Waals surface area contributed by atoms with Crippen LogP contribution in [0.1, 0.15) is 54.5 Å². The van der Waals surface area contributed by atoms with E-state index in [0.717, 1.165) is 30.0 Å². The molecule has 6 heteroatoms. The third-order valence-electron chi connectivity index (χ3n) is 4.70. The molecule has 0 unspecified atom stereocenters. The summed E-state index contributed by atoms with van der Waals surface area (Å²) >= 11 is 0. The molecule has 1 fully saturated rings. The van der Waals surface area contributed by atoms with Crippen LogP contribution in [0.3, 0.4) is 0 Å². The SMILES string of the molecule is CCOc1ccc(NC(=O)[C@@H](C)OC(=O)c2cc(C)n(C3CC3)c2C)cc1. The number of carbonyl (C=O) groups is 2. The van der Waals surface area contributed by atoms with Gasteiger partial charge in [0.05, 0.1) is 12.2 Å². The molecule has 1 aromatic heterocycles. The molecule has 1 N–H and O–H groups in total. The maximum absolute atomic E-state index is 12.5. The summed E-state index contributed by atoms with van der Waals surface area (Å²) in [5.41, 5.74) is 3.10. The van der Waals surface area contributed by atoms with E-state index in [2.05, 4.69) is 9.88 Å². The lowest BCUT2D eigenvalue weighted by molar-refractivity contribution is -0.123. The molecule has 0 radical (unpaired) electrons. The second-order valence-electron chi connectivity index (χ2n) is 6.88. The number of hydrogen-bond acceptors (Lipinski definition) is 4. The Labute approximate surface area is 159 Å². The van der Waals surface area contributed by atoms with Gasteiger partial charge in [0.25, 0.3) is 5.91 Å². The van der Waals surface area contributed by atoms with Gasteiger partial charge in [-0.1, -0.05) is 0 Å². The first-order valence-corrected chi connectivity index (χ1v) is 9.33. The largest absolute Gasteiger partial charge is 0.494 e. The number of nitrogens with one attached hydrogen (secondary N) is 1. The summed E-state index contributed by atoms with van der Waals surface area (Å²) in [6.07, 6.45) is 1.39. The van der Waals surface area contributed by atoms with Crippen molar-refractivity contribution in [1.82, 2.24) is 4.57 Å². The van der Waals surface area contributed by atoms with Crippen LogP contribution in [0.5, 0.6) is 5.75 Å². The van der Waals surface area contributed by atoms with E-state index in [0.29, 0.717) is 23.9 Å². The summed E-state index contributed by atoms with van der Waals surface area (Å²) in [5, 5.41) is 2.75. The van der Waals surface area contributed by atoms with Gasteiger partial charge in [0, 0.05) is 23.1 Å². The van der Waals surface area contributed by atoms with Gasteiger partial charge in [-0.25, -0.2) is 4.79 Å². The summed E-state index contributed by atoms with van der Waals surface area (Å²) in [7, 11) is 0. The maximum Gasteiger partial charge on any atom is 0.340 e. The minimum Gasteiger partial charge on any atom is -0.494 e. The third kappa shape index (κ3) is 4.32. The molecule has 1 aliphatic rings. The number of aromatic nitrogens is 1. The van der Waals surface area contributed by atoms with E-state index in [4.69, 9.17) is 9.47 Å². The molecule has 144 valence electrons. The van der Waals surface area contributed by atoms with Crippen molar-refractivity contribution in [3.05, 3.63) is 47.3 Å². The van der Waals surface area contributed by atoms with E-state index < -0.39 is 12.1 Å². The lowest BCUT2D eigenvalue weighted by Crippen LogP contribution is -2.30. The minimum absolute atomic E-state index is 0.372. The van der Waals surface area contributed by atoms with Gasteiger partial charge in [0.15, 0.2) is 6.10 Å². The van der Waals surface area contributed by atoms with Crippen LogP contribution >= 0.6 is 0 Å². The lowest BCUT2D eigenvalue weighted by atomic mass is 10.2. The average molecular weight is 370 g/mol.